The molecule has 0 amide bonds. The number of nitrogens with zero attached hydrogens (tertiary/aromatic N) is 1. The zero-order valence-corrected chi connectivity index (χ0v) is 11.7. The van der Waals surface area contributed by atoms with E-state index in [1.165, 1.54) is 16.0 Å². The van der Waals surface area contributed by atoms with E-state index in [2.05, 4.69) is 58.3 Å². The van der Waals surface area contributed by atoms with Crippen molar-refractivity contribution in [2.75, 3.05) is 5.32 Å². The summed E-state index contributed by atoms with van der Waals surface area (Å²) in [5, 5.41) is 4.32. The van der Waals surface area contributed by atoms with Crippen LogP contribution >= 0.6 is 27.3 Å². The van der Waals surface area contributed by atoms with Crippen molar-refractivity contribution in [1.82, 2.24) is 4.98 Å². The molecule has 0 radical (unpaired) electrons. The van der Waals surface area contributed by atoms with Gasteiger partial charge in [-0.2, -0.15) is 0 Å². The van der Waals surface area contributed by atoms with Crippen molar-refractivity contribution in [2.45, 2.75) is 20.4 Å². The van der Waals surface area contributed by atoms with E-state index < -0.39 is 0 Å². The number of benzene rings is 1. The highest BCUT2D eigenvalue weighted by atomic mass is 79.9. The van der Waals surface area contributed by atoms with Gasteiger partial charge in [-0.3, -0.25) is 0 Å². The van der Waals surface area contributed by atoms with Crippen molar-refractivity contribution >= 4 is 32.4 Å². The number of rotatable bonds is 3. The SMILES string of the molecule is Cc1cnc(NCc2ccc(Br)cc2C)s1. The Labute approximate surface area is 108 Å². The van der Waals surface area contributed by atoms with Crippen molar-refractivity contribution in [3.05, 3.63) is 44.9 Å². The van der Waals surface area contributed by atoms with Crippen molar-refractivity contribution in [3.8, 4) is 0 Å². The summed E-state index contributed by atoms with van der Waals surface area (Å²) in [6.07, 6.45) is 1.89. The van der Waals surface area contributed by atoms with Gasteiger partial charge in [-0.25, -0.2) is 4.98 Å². The Morgan fingerprint density at radius 3 is 2.81 bits per heavy atom. The summed E-state index contributed by atoms with van der Waals surface area (Å²) >= 11 is 5.15. The van der Waals surface area contributed by atoms with Gasteiger partial charge in [0.2, 0.25) is 0 Å². The van der Waals surface area contributed by atoms with Crippen LogP contribution in [-0.2, 0) is 6.54 Å². The van der Waals surface area contributed by atoms with Crippen LogP contribution < -0.4 is 5.32 Å². The lowest BCUT2D eigenvalue weighted by Crippen LogP contribution is -2.00. The van der Waals surface area contributed by atoms with Crippen molar-refractivity contribution in [3.63, 3.8) is 0 Å². The third kappa shape index (κ3) is 2.83. The zero-order valence-electron chi connectivity index (χ0n) is 9.25. The molecule has 0 aliphatic rings. The van der Waals surface area contributed by atoms with Crippen LogP contribution in [0.2, 0.25) is 0 Å². The normalized spacial score (nSPS) is 10.4. The molecular weight excluding hydrogens is 284 g/mol. The quantitative estimate of drug-likeness (QED) is 0.921. The molecule has 0 fully saturated rings. The third-order valence-corrected chi connectivity index (χ3v) is 3.72. The minimum atomic E-state index is 0.825. The molecule has 1 aromatic heterocycles. The van der Waals surface area contributed by atoms with Gasteiger partial charge in [0.1, 0.15) is 0 Å². The third-order valence-electron chi connectivity index (χ3n) is 2.36. The zero-order chi connectivity index (χ0) is 11.5. The molecule has 0 aliphatic heterocycles. The van der Waals surface area contributed by atoms with E-state index in [-0.39, 0.29) is 0 Å². The minimum absolute atomic E-state index is 0.825. The molecule has 0 aliphatic carbocycles. The number of hydrogen-bond acceptors (Lipinski definition) is 3. The first kappa shape index (κ1) is 11.6. The molecule has 0 atom stereocenters. The van der Waals surface area contributed by atoms with E-state index in [4.69, 9.17) is 0 Å². The van der Waals surface area contributed by atoms with Crippen molar-refractivity contribution in [1.29, 1.82) is 0 Å². The van der Waals surface area contributed by atoms with Crippen LogP contribution in [-0.4, -0.2) is 4.98 Å². The molecule has 2 aromatic rings. The molecule has 84 valence electrons. The number of halogens is 1. The predicted octanol–water partition coefficient (Wildman–Crippen LogP) is 4.13. The first-order valence-electron chi connectivity index (χ1n) is 5.06. The maximum absolute atomic E-state index is 4.28. The summed E-state index contributed by atoms with van der Waals surface area (Å²) in [4.78, 5) is 5.51. The molecule has 1 N–H and O–H groups in total. The maximum atomic E-state index is 4.28. The van der Waals surface area contributed by atoms with Gasteiger partial charge in [-0.15, -0.1) is 11.3 Å². The number of aromatic nitrogens is 1. The topological polar surface area (TPSA) is 24.9 Å². The van der Waals surface area contributed by atoms with Crippen molar-refractivity contribution in [2.24, 2.45) is 0 Å². The predicted molar refractivity (Wildman–Crippen MR) is 73.1 cm³/mol. The summed E-state index contributed by atoms with van der Waals surface area (Å²) in [7, 11) is 0. The van der Waals surface area contributed by atoms with E-state index in [1.807, 2.05) is 6.20 Å². The van der Waals surface area contributed by atoms with Gasteiger partial charge >= 0.3 is 0 Å². The van der Waals surface area contributed by atoms with Crippen LogP contribution in [0.4, 0.5) is 5.13 Å². The molecule has 1 heterocycles. The van der Waals surface area contributed by atoms with Crippen molar-refractivity contribution < 1.29 is 0 Å². The van der Waals surface area contributed by atoms with Gasteiger partial charge in [0.15, 0.2) is 5.13 Å². The number of aryl methyl sites for hydroxylation is 2. The smallest absolute Gasteiger partial charge is 0.183 e. The lowest BCUT2D eigenvalue weighted by atomic mass is 10.1. The second-order valence-electron chi connectivity index (χ2n) is 3.70. The Hall–Kier alpha value is -0.870. The first-order chi connectivity index (χ1) is 7.65. The van der Waals surface area contributed by atoms with Crippen LogP contribution in [0.25, 0.3) is 0 Å². The highest BCUT2D eigenvalue weighted by Crippen LogP contribution is 2.20. The molecule has 0 bridgehead atoms. The first-order valence-corrected chi connectivity index (χ1v) is 6.67. The Balaban J connectivity index is 2.04. The van der Waals surface area contributed by atoms with E-state index in [1.54, 1.807) is 11.3 Å². The van der Waals surface area contributed by atoms with E-state index in [0.717, 1.165) is 16.1 Å². The van der Waals surface area contributed by atoms with Crippen LogP contribution in [0, 0.1) is 13.8 Å². The lowest BCUT2D eigenvalue weighted by Gasteiger charge is -2.06. The Morgan fingerprint density at radius 2 is 2.19 bits per heavy atom. The fourth-order valence-corrected chi connectivity index (χ4v) is 2.60. The molecule has 2 nitrogen and oxygen atoms in total. The fraction of sp³-hybridized carbons (Fsp3) is 0.250. The Bertz CT molecular complexity index is 494. The van der Waals surface area contributed by atoms with Crippen LogP contribution in [0.5, 0.6) is 0 Å². The van der Waals surface area contributed by atoms with E-state index in [9.17, 15) is 0 Å². The minimum Gasteiger partial charge on any atom is -0.357 e. The van der Waals surface area contributed by atoms with Gasteiger partial charge in [0.05, 0.1) is 0 Å². The van der Waals surface area contributed by atoms with Crippen LogP contribution in [0.15, 0.2) is 28.9 Å². The molecule has 0 spiro atoms. The monoisotopic (exact) mass is 296 g/mol. The number of hydrogen-bond donors (Lipinski definition) is 1. The Morgan fingerprint density at radius 1 is 1.38 bits per heavy atom. The van der Waals surface area contributed by atoms with E-state index >= 15 is 0 Å². The average molecular weight is 297 g/mol. The molecule has 0 saturated carbocycles. The highest BCUT2D eigenvalue weighted by molar-refractivity contribution is 9.10. The molecular formula is C12H13BrN2S. The maximum Gasteiger partial charge on any atom is 0.183 e. The number of thiazole rings is 1. The van der Waals surface area contributed by atoms with Gasteiger partial charge in [0, 0.05) is 22.1 Å². The largest absolute Gasteiger partial charge is 0.357 e. The number of nitrogens with one attached hydrogen (secondary N) is 1. The summed E-state index contributed by atoms with van der Waals surface area (Å²) in [5.74, 6) is 0. The Kier molecular flexibility index (Phi) is 3.61. The molecule has 0 saturated heterocycles. The number of anilines is 1. The fourth-order valence-electron chi connectivity index (χ4n) is 1.46. The van der Waals surface area contributed by atoms with E-state index in [0.29, 0.717) is 0 Å². The molecule has 2 rings (SSSR count). The van der Waals surface area contributed by atoms with Gasteiger partial charge < -0.3 is 5.32 Å². The highest BCUT2D eigenvalue weighted by Gasteiger charge is 2.01. The lowest BCUT2D eigenvalue weighted by molar-refractivity contribution is 1.11. The molecule has 16 heavy (non-hydrogen) atoms. The summed E-state index contributed by atoms with van der Waals surface area (Å²) < 4.78 is 1.12. The molecule has 1 aromatic carbocycles. The standard InChI is InChI=1S/C12H13BrN2S/c1-8-5-11(13)4-3-10(8)7-15-12-14-6-9(2)16-12/h3-6H,7H2,1-2H3,(H,14,15). The van der Waals surface area contributed by atoms with Crippen LogP contribution in [0.3, 0.4) is 0 Å². The van der Waals surface area contributed by atoms with Crippen LogP contribution in [0.1, 0.15) is 16.0 Å². The second-order valence-corrected chi connectivity index (χ2v) is 5.85. The second kappa shape index (κ2) is 4.97. The summed E-state index contributed by atoms with van der Waals surface area (Å²) in [6.45, 7) is 5.01. The molecule has 4 heteroatoms. The van der Waals surface area contributed by atoms with Gasteiger partial charge in [0.25, 0.3) is 0 Å². The van der Waals surface area contributed by atoms with Gasteiger partial charge in [-0.1, -0.05) is 22.0 Å². The average Bonchev–Trinajstić information content (AvgIpc) is 2.63. The van der Waals surface area contributed by atoms with Gasteiger partial charge in [-0.05, 0) is 37.1 Å². The summed E-state index contributed by atoms with van der Waals surface area (Å²) in [5.41, 5.74) is 2.59. The molecule has 0 unspecified atom stereocenters. The summed E-state index contributed by atoms with van der Waals surface area (Å²) in [6, 6.07) is 6.33.